The van der Waals surface area contributed by atoms with Gasteiger partial charge >= 0.3 is 0 Å². The maximum atomic E-state index is 7.03. The van der Waals surface area contributed by atoms with E-state index in [9.17, 15) is 0 Å². The number of benzene rings is 4. The van der Waals surface area contributed by atoms with Crippen molar-refractivity contribution in [1.29, 1.82) is 0 Å². The standard InChI is InChI=1S/C28H30N2O2P2/c1-27(2,3)29-33-30(28(4,5)6)34(29)32-24-18-16-20-12-8-10-14-22(20)26(24)25-21-13-9-7-11-19(21)15-17-23(25)31-33/h7-18H,1-6H3. The van der Waals surface area contributed by atoms with E-state index in [2.05, 4.69) is 123 Å². The zero-order valence-electron chi connectivity index (χ0n) is 20.5. The molecule has 0 atom stereocenters. The first kappa shape index (κ1) is 21.7. The Bertz CT molecular complexity index is 1630. The minimum Gasteiger partial charge on any atom is -0.416 e. The Hall–Kier alpha value is -2.80. The minimum absolute atomic E-state index is 0.0858. The molecule has 7 aromatic rings. The Morgan fingerprint density at radius 1 is 0.529 bits per heavy atom. The number of hydrogen-bond acceptors (Lipinski definition) is 2. The third-order valence-electron chi connectivity index (χ3n) is 6.24. The predicted molar refractivity (Wildman–Crippen MR) is 147 cm³/mol. The molecule has 0 aliphatic heterocycles. The lowest BCUT2D eigenvalue weighted by Crippen LogP contribution is -2.29. The van der Waals surface area contributed by atoms with Gasteiger partial charge in [0.2, 0.25) is 15.8 Å². The van der Waals surface area contributed by atoms with Gasteiger partial charge in [0.15, 0.2) is 0 Å². The van der Waals surface area contributed by atoms with E-state index in [4.69, 9.17) is 8.39 Å². The average molecular weight is 489 g/mol. The summed E-state index contributed by atoms with van der Waals surface area (Å²) >= 11 is 0. The van der Waals surface area contributed by atoms with Crippen molar-refractivity contribution < 1.29 is 8.39 Å². The maximum absolute atomic E-state index is 7.03. The van der Waals surface area contributed by atoms with Gasteiger partial charge < -0.3 is 8.39 Å². The van der Waals surface area contributed by atoms with Crippen LogP contribution in [0.15, 0.2) is 81.2 Å². The summed E-state index contributed by atoms with van der Waals surface area (Å²) in [7, 11) is -2.06. The van der Waals surface area contributed by atoms with Crippen LogP contribution >= 0.6 is 15.8 Å². The van der Waals surface area contributed by atoms with Crippen LogP contribution in [0.5, 0.6) is 0 Å². The first-order valence-electron chi connectivity index (χ1n) is 11.7. The molecule has 0 aliphatic rings. The van der Waals surface area contributed by atoms with Gasteiger partial charge in [0.05, 0.1) is 11.1 Å². The second kappa shape index (κ2) is 7.35. The fourth-order valence-electron chi connectivity index (χ4n) is 4.79. The quantitative estimate of drug-likeness (QED) is 0.213. The normalized spacial score (nSPS) is 14.1. The highest BCUT2D eigenvalue weighted by molar-refractivity contribution is 7.55. The van der Waals surface area contributed by atoms with Crippen molar-refractivity contribution >= 4 is 59.3 Å². The molecule has 174 valence electrons. The summed E-state index contributed by atoms with van der Waals surface area (Å²) in [6.07, 6.45) is 0. The molecule has 3 aromatic heterocycles. The lowest BCUT2D eigenvalue weighted by atomic mass is 9.99. The van der Waals surface area contributed by atoms with Gasteiger partial charge in [-0.1, -0.05) is 60.7 Å². The summed E-state index contributed by atoms with van der Waals surface area (Å²) in [5, 5.41) is 7.03. The largest absolute Gasteiger partial charge is 0.416 e. The predicted octanol–water partition coefficient (Wildman–Crippen LogP) is 10.0. The van der Waals surface area contributed by atoms with E-state index in [0.717, 1.165) is 21.9 Å². The summed E-state index contributed by atoms with van der Waals surface area (Å²) in [5.74, 6) is 0. The Morgan fingerprint density at radius 3 is 1.29 bits per heavy atom. The van der Waals surface area contributed by atoms with Crippen molar-refractivity contribution in [3.8, 4) is 0 Å². The van der Waals surface area contributed by atoms with Crippen molar-refractivity contribution in [3.63, 3.8) is 0 Å². The number of fused-ring (bicyclic) bond motifs is 2. The molecule has 0 fully saturated rings. The molecule has 7 rings (SSSR count). The van der Waals surface area contributed by atoms with E-state index in [1.807, 2.05) is 0 Å². The highest BCUT2D eigenvalue weighted by Crippen LogP contribution is 2.53. The number of rotatable bonds is 0. The fourth-order valence-corrected chi connectivity index (χ4v) is 10.1. The number of aromatic nitrogens is 2. The average Bonchev–Trinajstić information content (AvgIpc) is 2.86. The van der Waals surface area contributed by atoms with E-state index in [1.165, 1.54) is 21.5 Å². The van der Waals surface area contributed by atoms with Gasteiger partial charge in [-0.25, -0.2) is 8.18 Å². The molecular formula is C28H30N2O2P2. The van der Waals surface area contributed by atoms with Crippen molar-refractivity contribution in [1.82, 2.24) is 8.18 Å². The van der Waals surface area contributed by atoms with Crippen LogP contribution in [-0.4, -0.2) is 8.18 Å². The van der Waals surface area contributed by atoms with Crippen LogP contribution in [0.3, 0.4) is 0 Å². The molecule has 0 spiro atoms. The lowest BCUT2D eigenvalue weighted by Gasteiger charge is -2.35. The fraction of sp³-hybridized carbons (Fsp3) is 0.286. The molecule has 0 unspecified atom stereocenters. The van der Waals surface area contributed by atoms with Gasteiger partial charge in [-0.3, -0.25) is 0 Å². The molecule has 0 N–H and O–H groups in total. The van der Waals surface area contributed by atoms with E-state index >= 15 is 0 Å². The monoisotopic (exact) mass is 488 g/mol. The molecule has 2 bridgehead atoms. The van der Waals surface area contributed by atoms with Crippen molar-refractivity contribution in [2.75, 3.05) is 0 Å². The minimum atomic E-state index is -1.03. The topological polar surface area (TPSA) is 36.1 Å². The van der Waals surface area contributed by atoms with E-state index < -0.39 is 15.8 Å². The molecule has 0 radical (unpaired) electrons. The molecule has 0 amide bonds. The van der Waals surface area contributed by atoms with Crippen LogP contribution in [0.25, 0.3) is 43.5 Å². The summed E-state index contributed by atoms with van der Waals surface area (Å²) < 4.78 is 19.0. The van der Waals surface area contributed by atoms with Gasteiger partial charge in [-0.15, -0.1) is 0 Å². The van der Waals surface area contributed by atoms with Crippen LogP contribution in [-0.2, 0) is 11.1 Å². The number of nitrogens with zero attached hydrogens (tertiary/aromatic N) is 2. The first-order valence-corrected chi connectivity index (χ1v) is 14.1. The van der Waals surface area contributed by atoms with Gasteiger partial charge in [0.25, 0.3) is 0 Å². The second-order valence-corrected chi connectivity index (χ2v) is 14.5. The second-order valence-electron chi connectivity index (χ2n) is 10.9. The van der Waals surface area contributed by atoms with Crippen molar-refractivity contribution in [2.45, 2.75) is 52.6 Å². The summed E-state index contributed by atoms with van der Waals surface area (Å²) in [5.41, 5.74) is 1.67. The summed E-state index contributed by atoms with van der Waals surface area (Å²) in [6.45, 7) is 13.5. The maximum Gasteiger partial charge on any atom is 0.249 e. The van der Waals surface area contributed by atoms with Gasteiger partial charge in [-0.05, 0) is 75.2 Å². The SMILES string of the molecule is CC(C)(C)n1p2oc3ccc4ccccc4c3c3c(ccc4ccccc43)op1n2C(C)(C)C. The van der Waals surface area contributed by atoms with Crippen molar-refractivity contribution in [2.24, 2.45) is 0 Å². The van der Waals surface area contributed by atoms with Crippen LogP contribution in [0.1, 0.15) is 41.5 Å². The van der Waals surface area contributed by atoms with E-state index in [1.54, 1.807) is 0 Å². The Kier molecular flexibility index (Phi) is 4.69. The highest BCUT2D eigenvalue weighted by Gasteiger charge is 2.33. The van der Waals surface area contributed by atoms with Crippen LogP contribution in [0, 0.1) is 0 Å². The third kappa shape index (κ3) is 3.20. The Morgan fingerprint density at radius 2 is 0.912 bits per heavy atom. The highest BCUT2D eigenvalue weighted by atomic mass is 31.2. The van der Waals surface area contributed by atoms with Crippen LogP contribution in [0.2, 0.25) is 0 Å². The molecule has 4 nitrogen and oxygen atoms in total. The zero-order valence-corrected chi connectivity index (χ0v) is 22.3. The molecular weight excluding hydrogens is 458 g/mol. The molecule has 0 aliphatic carbocycles. The molecule has 3 heterocycles. The zero-order chi connectivity index (χ0) is 23.8. The van der Waals surface area contributed by atoms with E-state index in [-0.39, 0.29) is 11.1 Å². The van der Waals surface area contributed by atoms with Crippen LogP contribution in [0.4, 0.5) is 0 Å². The van der Waals surface area contributed by atoms with Gasteiger partial charge in [-0.2, -0.15) is 0 Å². The molecule has 0 saturated heterocycles. The molecule has 34 heavy (non-hydrogen) atoms. The van der Waals surface area contributed by atoms with Gasteiger partial charge in [0, 0.05) is 10.8 Å². The summed E-state index contributed by atoms with van der Waals surface area (Å²) in [4.78, 5) is 0. The number of hydrogen-bond donors (Lipinski definition) is 0. The first-order chi connectivity index (χ1) is 16.1. The summed E-state index contributed by atoms with van der Waals surface area (Å²) in [6, 6.07) is 25.8. The molecule has 4 aromatic carbocycles. The Labute approximate surface area is 201 Å². The molecule has 6 heteroatoms. The van der Waals surface area contributed by atoms with E-state index in [0.29, 0.717) is 0 Å². The Balaban J connectivity index is 2.02. The molecule has 0 saturated carbocycles. The van der Waals surface area contributed by atoms with Crippen LogP contribution < -0.4 is 0 Å². The third-order valence-corrected chi connectivity index (χ3v) is 12.5. The lowest BCUT2D eigenvalue weighted by molar-refractivity contribution is 0.391. The van der Waals surface area contributed by atoms with Crippen molar-refractivity contribution in [3.05, 3.63) is 72.8 Å². The smallest absolute Gasteiger partial charge is 0.249 e. The van der Waals surface area contributed by atoms with Gasteiger partial charge in [0.1, 0.15) is 11.2 Å².